The smallest absolute Gasteiger partial charge is 0.266 e. The molecular formula is C22H21N3O4S. The molecule has 154 valence electrons. The number of hydrogen-bond donors (Lipinski definition) is 1. The highest BCUT2D eigenvalue weighted by atomic mass is 32.1. The summed E-state index contributed by atoms with van der Waals surface area (Å²) in [6.07, 6.45) is 1.36. The predicted molar refractivity (Wildman–Crippen MR) is 115 cm³/mol. The van der Waals surface area contributed by atoms with E-state index in [1.165, 1.54) is 4.57 Å². The number of nitrogens with one attached hydrogen (secondary N) is 1. The standard InChI is InChI=1S/C22H21N3O4S/c26-19(24-11-9-22(10-12-24)28-13-14-29-22)15-5-7-16(8-6-15)25-20(27)17-3-1-2-4-18(17)23-21(25)30/h1-8H,9-14H2,(H,23,30). The van der Waals surface area contributed by atoms with Gasteiger partial charge in [-0.3, -0.25) is 14.2 Å². The minimum absolute atomic E-state index is 0.0367. The zero-order valence-electron chi connectivity index (χ0n) is 16.3. The van der Waals surface area contributed by atoms with Crippen LogP contribution in [0, 0.1) is 4.77 Å². The number of ether oxygens (including phenoxy) is 2. The lowest BCUT2D eigenvalue weighted by atomic mass is 10.0. The zero-order valence-corrected chi connectivity index (χ0v) is 17.1. The number of fused-ring (bicyclic) bond motifs is 1. The van der Waals surface area contributed by atoms with Crippen LogP contribution >= 0.6 is 12.2 Å². The molecule has 2 aromatic carbocycles. The van der Waals surface area contributed by atoms with Crippen LogP contribution in [0.25, 0.3) is 16.6 Å². The maximum Gasteiger partial charge on any atom is 0.266 e. The number of piperidine rings is 1. The minimum atomic E-state index is -0.506. The molecule has 0 unspecified atom stereocenters. The predicted octanol–water partition coefficient (Wildman–Crippen LogP) is 3.03. The van der Waals surface area contributed by atoms with Gasteiger partial charge in [0.2, 0.25) is 0 Å². The van der Waals surface area contributed by atoms with Gasteiger partial charge in [-0.15, -0.1) is 0 Å². The third kappa shape index (κ3) is 3.27. The molecule has 30 heavy (non-hydrogen) atoms. The summed E-state index contributed by atoms with van der Waals surface area (Å²) >= 11 is 5.39. The largest absolute Gasteiger partial charge is 0.347 e. The van der Waals surface area contributed by atoms with Crippen molar-refractivity contribution in [3.05, 3.63) is 69.2 Å². The maximum atomic E-state index is 12.9. The second-order valence-corrected chi connectivity index (χ2v) is 7.95. The summed E-state index contributed by atoms with van der Waals surface area (Å²) in [6.45, 7) is 2.42. The van der Waals surface area contributed by atoms with Crippen molar-refractivity contribution in [2.24, 2.45) is 0 Å². The number of amides is 1. The number of nitrogens with zero attached hydrogens (tertiary/aromatic N) is 2. The van der Waals surface area contributed by atoms with E-state index in [1.54, 1.807) is 30.3 Å². The highest BCUT2D eigenvalue weighted by molar-refractivity contribution is 7.71. The van der Waals surface area contributed by atoms with Crippen LogP contribution in [-0.4, -0.2) is 52.4 Å². The zero-order chi connectivity index (χ0) is 20.7. The maximum absolute atomic E-state index is 12.9. The number of hydrogen-bond acceptors (Lipinski definition) is 5. The molecule has 2 saturated heterocycles. The Morgan fingerprint density at radius 3 is 2.37 bits per heavy atom. The van der Waals surface area contributed by atoms with E-state index < -0.39 is 5.79 Å². The Kier molecular flexibility index (Phi) is 4.77. The van der Waals surface area contributed by atoms with Crippen molar-refractivity contribution >= 4 is 29.0 Å². The molecule has 1 amide bonds. The van der Waals surface area contributed by atoms with Gasteiger partial charge in [-0.1, -0.05) is 12.1 Å². The van der Waals surface area contributed by atoms with Gasteiger partial charge in [-0.05, 0) is 48.6 Å². The van der Waals surface area contributed by atoms with Crippen LogP contribution in [0.1, 0.15) is 23.2 Å². The fourth-order valence-corrected chi connectivity index (χ4v) is 4.47. The number of aromatic amines is 1. The second kappa shape index (κ2) is 7.46. The fraction of sp³-hybridized carbons (Fsp3) is 0.318. The third-order valence-electron chi connectivity index (χ3n) is 5.80. The number of likely N-dealkylation sites (tertiary alicyclic amines) is 1. The number of carbonyl (C=O) groups is 1. The van der Waals surface area contributed by atoms with E-state index in [0.717, 1.165) is 0 Å². The first-order chi connectivity index (χ1) is 14.6. The van der Waals surface area contributed by atoms with E-state index in [1.807, 2.05) is 23.1 Å². The normalized spacial score (nSPS) is 18.2. The van der Waals surface area contributed by atoms with Crippen molar-refractivity contribution in [3.63, 3.8) is 0 Å². The van der Waals surface area contributed by atoms with Crippen molar-refractivity contribution in [1.82, 2.24) is 14.5 Å². The number of carbonyl (C=O) groups excluding carboxylic acids is 1. The van der Waals surface area contributed by atoms with Gasteiger partial charge >= 0.3 is 0 Å². The highest BCUT2D eigenvalue weighted by Crippen LogP contribution is 2.31. The minimum Gasteiger partial charge on any atom is -0.347 e. The lowest BCUT2D eigenvalue weighted by Crippen LogP contribution is -2.47. The summed E-state index contributed by atoms with van der Waals surface area (Å²) in [5.74, 6) is -0.542. The number of aromatic nitrogens is 2. The van der Waals surface area contributed by atoms with E-state index in [9.17, 15) is 9.59 Å². The van der Waals surface area contributed by atoms with Gasteiger partial charge in [-0.2, -0.15) is 0 Å². The van der Waals surface area contributed by atoms with Crippen LogP contribution in [0.4, 0.5) is 0 Å². The van der Waals surface area contributed by atoms with E-state index in [-0.39, 0.29) is 11.5 Å². The van der Waals surface area contributed by atoms with Crippen molar-refractivity contribution in [2.45, 2.75) is 18.6 Å². The molecule has 0 radical (unpaired) electrons. The summed E-state index contributed by atoms with van der Waals surface area (Å²) in [4.78, 5) is 30.7. The first-order valence-electron chi connectivity index (χ1n) is 9.98. The highest BCUT2D eigenvalue weighted by Gasteiger charge is 2.40. The molecule has 0 saturated carbocycles. The fourth-order valence-electron chi connectivity index (χ4n) is 4.17. The molecule has 3 aromatic rings. The second-order valence-electron chi connectivity index (χ2n) is 7.56. The molecule has 1 N–H and O–H groups in total. The summed E-state index contributed by atoms with van der Waals surface area (Å²) in [5, 5.41) is 0.560. The Labute approximate surface area is 177 Å². The Hall–Kier alpha value is -2.81. The van der Waals surface area contributed by atoms with Crippen molar-refractivity contribution < 1.29 is 14.3 Å². The van der Waals surface area contributed by atoms with Crippen molar-refractivity contribution in [2.75, 3.05) is 26.3 Å². The van der Waals surface area contributed by atoms with Crippen LogP contribution in [0.2, 0.25) is 0 Å². The van der Waals surface area contributed by atoms with Crippen LogP contribution in [-0.2, 0) is 9.47 Å². The molecule has 0 atom stereocenters. The van der Waals surface area contributed by atoms with Gasteiger partial charge in [0.15, 0.2) is 10.6 Å². The molecule has 2 aliphatic heterocycles. The lowest BCUT2D eigenvalue weighted by Gasteiger charge is -2.37. The van der Waals surface area contributed by atoms with E-state index in [4.69, 9.17) is 21.7 Å². The molecule has 2 fully saturated rings. The van der Waals surface area contributed by atoms with E-state index >= 15 is 0 Å². The Balaban J connectivity index is 1.39. The molecule has 7 nitrogen and oxygen atoms in total. The third-order valence-corrected chi connectivity index (χ3v) is 6.09. The summed E-state index contributed by atoms with van der Waals surface area (Å²) in [5.41, 5.74) is 1.71. The molecule has 0 aliphatic carbocycles. The molecular weight excluding hydrogens is 402 g/mol. The topological polar surface area (TPSA) is 76.6 Å². The SMILES string of the molecule is O=C(c1ccc(-n2c(=S)[nH]c3ccccc3c2=O)cc1)N1CCC2(CC1)OCCO2. The van der Waals surface area contributed by atoms with Crippen molar-refractivity contribution in [1.29, 1.82) is 0 Å². The summed E-state index contributed by atoms with van der Waals surface area (Å²) < 4.78 is 13.2. The van der Waals surface area contributed by atoms with Crippen LogP contribution in [0.5, 0.6) is 0 Å². The van der Waals surface area contributed by atoms with Crippen LogP contribution in [0.15, 0.2) is 53.3 Å². The molecule has 8 heteroatoms. The molecule has 1 spiro atoms. The number of para-hydroxylation sites is 1. The molecule has 1 aromatic heterocycles. The van der Waals surface area contributed by atoms with E-state index in [2.05, 4.69) is 4.98 Å². The lowest BCUT2D eigenvalue weighted by molar-refractivity contribution is -0.181. The van der Waals surface area contributed by atoms with Gasteiger partial charge < -0.3 is 19.4 Å². The quantitative estimate of drug-likeness (QED) is 0.641. The molecule has 2 aliphatic rings. The first kappa shape index (κ1) is 19.2. The first-order valence-corrected chi connectivity index (χ1v) is 10.4. The number of rotatable bonds is 2. The van der Waals surface area contributed by atoms with Crippen molar-refractivity contribution in [3.8, 4) is 5.69 Å². The monoisotopic (exact) mass is 423 g/mol. The molecule has 5 rings (SSSR count). The Morgan fingerprint density at radius 1 is 1.00 bits per heavy atom. The van der Waals surface area contributed by atoms with Gasteiger partial charge in [0.05, 0.1) is 29.8 Å². The Bertz CT molecular complexity index is 1220. The average molecular weight is 423 g/mol. The van der Waals surface area contributed by atoms with Gasteiger partial charge in [0.1, 0.15) is 0 Å². The van der Waals surface area contributed by atoms with Crippen LogP contribution < -0.4 is 5.56 Å². The van der Waals surface area contributed by atoms with Gasteiger partial charge in [0.25, 0.3) is 11.5 Å². The van der Waals surface area contributed by atoms with Gasteiger partial charge in [0, 0.05) is 31.5 Å². The van der Waals surface area contributed by atoms with Gasteiger partial charge in [-0.25, -0.2) is 0 Å². The summed E-state index contributed by atoms with van der Waals surface area (Å²) in [6, 6.07) is 14.2. The van der Waals surface area contributed by atoms with Crippen LogP contribution in [0.3, 0.4) is 0 Å². The molecule has 3 heterocycles. The van der Waals surface area contributed by atoms with E-state index in [0.29, 0.717) is 66.1 Å². The number of benzene rings is 2. The number of H-pyrrole nitrogens is 1. The Morgan fingerprint density at radius 2 is 1.67 bits per heavy atom. The summed E-state index contributed by atoms with van der Waals surface area (Å²) in [7, 11) is 0. The molecule has 0 bridgehead atoms. The average Bonchev–Trinajstić information content (AvgIpc) is 3.22.